The zero-order valence-corrected chi connectivity index (χ0v) is 7.93. The summed E-state index contributed by atoms with van der Waals surface area (Å²) in [6.07, 6.45) is 5.61. The SMILES string of the molecule is CCCCCCCC(=O)[O-].[Co]. The third kappa shape index (κ3) is 13.0. The van der Waals surface area contributed by atoms with Gasteiger partial charge in [-0.2, -0.15) is 0 Å². The van der Waals surface area contributed by atoms with Gasteiger partial charge in [0.2, 0.25) is 0 Å². The van der Waals surface area contributed by atoms with Crippen molar-refractivity contribution >= 4 is 5.97 Å². The van der Waals surface area contributed by atoms with Gasteiger partial charge in [-0.1, -0.05) is 32.6 Å². The van der Waals surface area contributed by atoms with Gasteiger partial charge in [0.05, 0.1) is 0 Å². The zero-order chi connectivity index (χ0) is 7.82. The molecule has 0 saturated carbocycles. The maximum atomic E-state index is 9.92. The van der Waals surface area contributed by atoms with Crippen molar-refractivity contribution in [2.45, 2.75) is 45.4 Å². The van der Waals surface area contributed by atoms with Crippen LogP contribution in [0.25, 0.3) is 0 Å². The van der Waals surface area contributed by atoms with Crippen molar-refractivity contribution in [2.75, 3.05) is 0 Å². The van der Waals surface area contributed by atoms with E-state index in [9.17, 15) is 9.90 Å². The number of aliphatic carboxylic acids is 1. The first-order chi connectivity index (χ1) is 4.77. The standard InChI is InChI=1S/C8H16O2.Co/c1-2-3-4-5-6-7-8(9)10;/h2-7H2,1H3,(H,9,10);/p-1. The van der Waals surface area contributed by atoms with E-state index in [1.165, 1.54) is 12.8 Å². The van der Waals surface area contributed by atoms with Gasteiger partial charge in [0, 0.05) is 22.7 Å². The van der Waals surface area contributed by atoms with Crippen LogP contribution in [0.1, 0.15) is 45.4 Å². The number of carboxylic acid groups (broad SMARTS) is 1. The minimum absolute atomic E-state index is 0. The van der Waals surface area contributed by atoms with Gasteiger partial charge in [-0.3, -0.25) is 0 Å². The van der Waals surface area contributed by atoms with Crippen LogP contribution < -0.4 is 5.11 Å². The monoisotopic (exact) mass is 202 g/mol. The van der Waals surface area contributed by atoms with E-state index in [4.69, 9.17) is 0 Å². The summed E-state index contributed by atoms with van der Waals surface area (Å²) < 4.78 is 0. The van der Waals surface area contributed by atoms with Crippen LogP contribution in [0, 0.1) is 0 Å². The molecule has 0 spiro atoms. The molecule has 0 rings (SSSR count). The van der Waals surface area contributed by atoms with Crippen LogP contribution >= 0.6 is 0 Å². The van der Waals surface area contributed by atoms with Crippen molar-refractivity contribution in [3.8, 4) is 0 Å². The van der Waals surface area contributed by atoms with Crippen molar-refractivity contribution in [1.29, 1.82) is 0 Å². The fourth-order valence-electron chi connectivity index (χ4n) is 0.873. The van der Waals surface area contributed by atoms with E-state index in [0.717, 1.165) is 19.3 Å². The fraction of sp³-hybridized carbons (Fsp3) is 0.875. The summed E-state index contributed by atoms with van der Waals surface area (Å²) >= 11 is 0. The molecule has 69 valence electrons. The van der Waals surface area contributed by atoms with Gasteiger partial charge in [0.25, 0.3) is 0 Å². The van der Waals surface area contributed by atoms with E-state index in [1.807, 2.05) is 0 Å². The first-order valence-corrected chi connectivity index (χ1v) is 3.97. The normalized spacial score (nSPS) is 8.82. The average molecular weight is 202 g/mol. The summed E-state index contributed by atoms with van der Waals surface area (Å²) in [7, 11) is 0. The summed E-state index contributed by atoms with van der Waals surface area (Å²) in [5.74, 6) is -0.920. The summed E-state index contributed by atoms with van der Waals surface area (Å²) in [5.41, 5.74) is 0. The first kappa shape index (κ1) is 13.6. The van der Waals surface area contributed by atoms with Gasteiger partial charge >= 0.3 is 0 Å². The molecule has 0 aliphatic heterocycles. The molecule has 0 atom stereocenters. The van der Waals surface area contributed by atoms with Crippen LogP contribution in [0.15, 0.2) is 0 Å². The Bertz CT molecular complexity index is 94.1. The second-order valence-corrected chi connectivity index (χ2v) is 2.54. The molecule has 0 aliphatic carbocycles. The molecule has 0 aliphatic rings. The molecule has 1 radical (unpaired) electrons. The Morgan fingerprint density at radius 1 is 1.18 bits per heavy atom. The molecular weight excluding hydrogens is 187 g/mol. The molecule has 0 amide bonds. The van der Waals surface area contributed by atoms with Crippen molar-refractivity contribution in [1.82, 2.24) is 0 Å². The summed E-state index contributed by atoms with van der Waals surface area (Å²) in [6, 6.07) is 0. The number of carboxylic acids is 1. The van der Waals surface area contributed by atoms with E-state index in [0.29, 0.717) is 0 Å². The predicted octanol–water partition coefficient (Wildman–Crippen LogP) is 1.09. The molecule has 0 fully saturated rings. The second kappa shape index (κ2) is 9.98. The molecule has 2 nitrogen and oxygen atoms in total. The summed E-state index contributed by atoms with van der Waals surface area (Å²) in [6.45, 7) is 2.14. The predicted molar refractivity (Wildman–Crippen MR) is 38.4 cm³/mol. The van der Waals surface area contributed by atoms with E-state index < -0.39 is 5.97 Å². The van der Waals surface area contributed by atoms with E-state index >= 15 is 0 Å². The molecule has 11 heavy (non-hydrogen) atoms. The van der Waals surface area contributed by atoms with Gasteiger partial charge in [-0.15, -0.1) is 0 Å². The smallest absolute Gasteiger partial charge is 0.0414 e. The molecule has 0 aromatic heterocycles. The molecule has 0 aromatic carbocycles. The average Bonchev–Trinajstić information content (AvgIpc) is 1.87. The van der Waals surface area contributed by atoms with Crippen molar-refractivity contribution in [3.05, 3.63) is 0 Å². The number of hydrogen-bond acceptors (Lipinski definition) is 2. The largest absolute Gasteiger partial charge is 0.550 e. The van der Waals surface area contributed by atoms with Crippen LogP contribution in [0.4, 0.5) is 0 Å². The molecule has 0 unspecified atom stereocenters. The van der Waals surface area contributed by atoms with Crippen LogP contribution in [0.5, 0.6) is 0 Å². The van der Waals surface area contributed by atoms with Crippen LogP contribution in [0.3, 0.4) is 0 Å². The third-order valence-electron chi connectivity index (χ3n) is 1.48. The Balaban J connectivity index is 0. The number of rotatable bonds is 6. The van der Waals surface area contributed by atoms with Gasteiger partial charge in [0.15, 0.2) is 0 Å². The Kier molecular flexibility index (Phi) is 12.3. The topological polar surface area (TPSA) is 40.1 Å². The molecule has 0 bridgehead atoms. The van der Waals surface area contributed by atoms with Crippen LogP contribution in [-0.4, -0.2) is 5.97 Å². The Morgan fingerprint density at radius 3 is 2.18 bits per heavy atom. The van der Waals surface area contributed by atoms with E-state index in [2.05, 4.69) is 6.92 Å². The fourth-order valence-corrected chi connectivity index (χ4v) is 0.873. The van der Waals surface area contributed by atoms with Gasteiger partial charge < -0.3 is 9.90 Å². The number of unbranched alkanes of at least 4 members (excludes halogenated alkanes) is 4. The van der Waals surface area contributed by atoms with Gasteiger partial charge in [0.1, 0.15) is 0 Å². The zero-order valence-electron chi connectivity index (χ0n) is 6.89. The minimum Gasteiger partial charge on any atom is -0.550 e. The molecule has 0 saturated heterocycles. The minimum atomic E-state index is -0.920. The van der Waals surface area contributed by atoms with Crippen molar-refractivity contribution in [2.24, 2.45) is 0 Å². The van der Waals surface area contributed by atoms with Gasteiger partial charge in [-0.25, -0.2) is 0 Å². The molecule has 3 heteroatoms. The quantitative estimate of drug-likeness (QED) is 0.605. The molecule has 0 heterocycles. The number of hydrogen-bond donors (Lipinski definition) is 0. The Labute approximate surface area is 78.6 Å². The maximum absolute atomic E-state index is 9.92. The summed E-state index contributed by atoms with van der Waals surface area (Å²) in [4.78, 5) is 9.92. The van der Waals surface area contributed by atoms with Crippen LogP contribution in [-0.2, 0) is 21.6 Å². The third-order valence-corrected chi connectivity index (χ3v) is 1.48. The number of carbonyl (C=O) groups is 1. The van der Waals surface area contributed by atoms with Crippen molar-refractivity contribution in [3.63, 3.8) is 0 Å². The molecular formula is C8H15CoO2-. The Hall–Kier alpha value is -0.0235. The number of carbonyl (C=O) groups excluding carboxylic acids is 1. The second-order valence-electron chi connectivity index (χ2n) is 2.54. The first-order valence-electron chi connectivity index (χ1n) is 3.97. The summed E-state index contributed by atoms with van der Waals surface area (Å²) in [5, 5.41) is 9.92. The Morgan fingerprint density at radius 2 is 1.73 bits per heavy atom. The molecule has 0 N–H and O–H groups in total. The van der Waals surface area contributed by atoms with Gasteiger partial charge in [-0.05, 0) is 12.8 Å². The van der Waals surface area contributed by atoms with Crippen molar-refractivity contribution < 1.29 is 26.7 Å². The maximum Gasteiger partial charge on any atom is 0.0414 e. The van der Waals surface area contributed by atoms with Crippen LogP contribution in [0.2, 0.25) is 0 Å². The van der Waals surface area contributed by atoms with E-state index in [1.54, 1.807) is 0 Å². The van der Waals surface area contributed by atoms with E-state index in [-0.39, 0.29) is 23.2 Å². The molecule has 0 aromatic rings.